The number of hydrogen-bond donors (Lipinski definition) is 2. The molecule has 0 aromatic rings. The van der Waals surface area contributed by atoms with Gasteiger partial charge in [0.15, 0.2) is 0 Å². The van der Waals surface area contributed by atoms with E-state index in [-0.39, 0.29) is 6.10 Å². The zero-order valence-corrected chi connectivity index (χ0v) is 11.1. The normalized spacial score (nSPS) is 27.9. The van der Waals surface area contributed by atoms with Crippen molar-refractivity contribution in [2.45, 2.75) is 38.5 Å². The Morgan fingerprint density at radius 1 is 1.44 bits per heavy atom. The summed E-state index contributed by atoms with van der Waals surface area (Å²) in [5.41, 5.74) is 0. The highest BCUT2D eigenvalue weighted by Gasteiger charge is 2.25. The van der Waals surface area contributed by atoms with Crippen LogP contribution in [0.2, 0.25) is 0 Å². The van der Waals surface area contributed by atoms with Crippen LogP contribution in [0.5, 0.6) is 0 Å². The number of aliphatic hydroxyl groups is 1. The van der Waals surface area contributed by atoms with Crippen molar-refractivity contribution in [3.63, 3.8) is 0 Å². The number of nitrogens with one attached hydrogen (secondary N) is 1. The minimum Gasteiger partial charge on any atom is -0.392 e. The van der Waals surface area contributed by atoms with Crippen molar-refractivity contribution in [2.24, 2.45) is 0 Å². The minimum atomic E-state index is -0.145. The molecule has 96 valence electrons. The molecule has 3 unspecified atom stereocenters. The summed E-state index contributed by atoms with van der Waals surface area (Å²) in [5, 5.41) is 12.9. The van der Waals surface area contributed by atoms with Gasteiger partial charge in [-0.25, -0.2) is 0 Å². The molecular formula is C12H27N3O. The van der Waals surface area contributed by atoms with Gasteiger partial charge < -0.3 is 15.3 Å². The molecule has 1 fully saturated rings. The molecule has 1 aliphatic heterocycles. The highest BCUT2D eigenvalue weighted by atomic mass is 16.3. The standard InChI is InChI=1S/C12H27N3O/c1-5-15(10(2)8-14(3)4)9-11-6-12(16)7-13-11/h10-13,16H,5-9H2,1-4H3. The van der Waals surface area contributed by atoms with Gasteiger partial charge in [0.2, 0.25) is 0 Å². The van der Waals surface area contributed by atoms with E-state index in [9.17, 15) is 5.11 Å². The molecule has 0 aliphatic carbocycles. The lowest BCUT2D eigenvalue weighted by molar-refractivity contribution is 0.159. The van der Waals surface area contributed by atoms with Crippen molar-refractivity contribution >= 4 is 0 Å². The number of likely N-dealkylation sites (N-methyl/N-ethyl adjacent to an activating group) is 2. The van der Waals surface area contributed by atoms with E-state index < -0.39 is 0 Å². The van der Waals surface area contributed by atoms with Gasteiger partial charge >= 0.3 is 0 Å². The Kier molecular flexibility index (Phi) is 5.69. The summed E-state index contributed by atoms with van der Waals surface area (Å²) < 4.78 is 0. The number of rotatable bonds is 6. The summed E-state index contributed by atoms with van der Waals surface area (Å²) >= 11 is 0. The van der Waals surface area contributed by atoms with Crippen molar-refractivity contribution in [2.75, 3.05) is 40.3 Å². The van der Waals surface area contributed by atoms with Gasteiger partial charge in [-0.05, 0) is 34.0 Å². The summed E-state index contributed by atoms with van der Waals surface area (Å²) in [6, 6.07) is 1.03. The van der Waals surface area contributed by atoms with Gasteiger partial charge in [-0.1, -0.05) is 6.92 Å². The first kappa shape index (κ1) is 13.9. The third-order valence-corrected chi connectivity index (χ3v) is 3.31. The van der Waals surface area contributed by atoms with Crippen LogP contribution < -0.4 is 5.32 Å². The van der Waals surface area contributed by atoms with Crippen LogP contribution in [0, 0.1) is 0 Å². The van der Waals surface area contributed by atoms with Crippen LogP contribution in [0.4, 0.5) is 0 Å². The van der Waals surface area contributed by atoms with Crippen LogP contribution in [0.1, 0.15) is 20.3 Å². The second kappa shape index (κ2) is 6.55. The molecule has 0 aromatic heterocycles. The summed E-state index contributed by atoms with van der Waals surface area (Å²) in [6.07, 6.45) is 0.749. The highest BCUT2D eigenvalue weighted by Crippen LogP contribution is 2.10. The molecule has 0 saturated carbocycles. The van der Waals surface area contributed by atoms with Crippen LogP contribution in [0.15, 0.2) is 0 Å². The van der Waals surface area contributed by atoms with Crippen molar-refractivity contribution in [1.29, 1.82) is 0 Å². The average Bonchev–Trinajstić information content (AvgIpc) is 2.59. The Bertz CT molecular complexity index is 199. The number of hydrogen-bond acceptors (Lipinski definition) is 4. The van der Waals surface area contributed by atoms with Crippen molar-refractivity contribution in [3.05, 3.63) is 0 Å². The van der Waals surface area contributed by atoms with E-state index >= 15 is 0 Å². The predicted molar refractivity (Wildman–Crippen MR) is 67.7 cm³/mol. The molecule has 1 aliphatic rings. The van der Waals surface area contributed by atoms with Crippen LogP contribution >= 0.6 is 0 Å². The topological polar surface area (TPSA) is 38.7 Å². The molecule has 0 radical (unpaired) electrons. The zero-order valence-electron chi connectivity index (χ0n) is 11.1. The summed E-state index contributed by atoms with van der Waals surface area (Å²) in [7, 11) is 4.23. The smallest absolute Gasteiger partial charge is 0.0680 e. The average molecular weight is 229 g/mol. The van der Waals surface area contributed by atoms with E-state index in [4.69, 9.17) is 0 Å². The van der Waals surface area contributed by atoms with E-state index in [0.717, 1.165) is 32.6 Å². The molecule has 0 spiro atoms. The lowest BCUT2D eigenvalue weighted by atomic mass is 10.1. The molecule has 1 saturated heterocycles. The first-order valence-electron chi connectivity index (χ1n) is 6.33. The Hall–Kier alpha value is -0.160. The molecule has 1 heterocycles. The molecule has 0 bridgehead atoms. The quantitative estimate of drug-likeness (QED) is 0.671. The highest BCUT2D eigenvalue weighted by molar-refractivity contribution is 4.84. The van der Waals surface area contributed by atoms with Gasteiger partial charge in [0.05, 0.1) is 6.10 Å². The van der Waals surface area contributed by atoms with E-state index in [1.807, 2.05) is 0 Å². The number of β-amino-alcohol motifs (C(OH)–C–C–N with tert-alkyl or cyclic N) is 1. The Labute approximate surface area is 99.6 Å². The van der Waals surface area contributed by atoms with E-state index in [0.29, 0.717) is 12.1 Å². The fourth-order valence-corrected chi connectivity index (χ4v) is 2.48. The molecule has 2 N–H and O–H groups in total. The molecule has 1 rings (SSSR count). The number of aliphatic hydroxyl groups excluding tert-OH is 1. The van der Waals surface area contributed by atoms with E-state index in [2.05, 4.69) is 43.1 Å². The van der Waals surface area contributed by atoms with Crippen LogP contribution in [0.3, 0.4) is 0 Å². The SMILES string of the molecule is CCN(CC1CC(O)CN1)C(C)CN(C)C. The van der Waals surface area contributed by atoms with Crippen molar-refractivity contribution in [1.82, 2.24) is 15.1 Å². The van der Waals surface area contributed by atoms with Crippen LogP contribution in [-0.4, -0.2) is 73.4 Å². The summed E-state index contributed by atoms with van der Waals surface area (Å²) in [5.74, 6) is 0. The Morgan fingerprint density at radius 2 is 2.12 bits per heavy atom. The zero-order chi connectivity index (χ0) is 12.1. The molecule has 4 heteroatoms. The van der Waals surface area contributed by atoms with Gasteiger partial charge in [-0.15, -0.1) is 0 Å². The van der Waals surface area contributed by atoms with Crippen LogP contribution in [0.25, 0.3) is 0 Å². The largest absolute Gasteiger partial charge is 0.392 e. The summed E-state index contributed by atoms with van der Waals surface area (Å²) in [6.45, 7) is 8.44. The molecule has 0 aromatic carbocycles. The molecule has 4 nitrogen and oxygen atoms in total. The van der Waals surface area contributed by atoms with Gasteiger partial charge in [0.25, 0.3) is 0 Å². The Balaban J connectivity index is 2.36. The second-order valence-electron chi connectivity index (χ2n) is 5.19. The van der Waals surface area contributed by atoms with E-state index in [1.54, 1.807) is 0 Å². The summed E-state index contributed by atoms with van der Waals surface area (Å²) in [4.78, 5) is 4.71. The molecule has 3 atom stereocenters. The monoisotopic (exact) mass is 229 g/mol. The fourth-order valence-electron chi connectivity index (χ4n) is 2.48. The Morgan fingerprint density at radius 3 is 2.56 bits per heavy atom. The lowest BCUT2D eigenvalue weighted by Gasteiger charge is -2.32. The maximum Gasteiger partial charge on any atom is 0.0680 e. The molecule has 16 heavy (non-hydrogen) atoms. The second-order valence-corrected chi connectivity index (χ2v) is 5.19. The van der Waals surface area contributed by atoms with E-state index in [1.165, 1.54) is 0 Å². The van der Waals surface area contributed by atoms with Gasteiger partial charge in [0.1, 0.15) is 0 Å². The minimum absolute atomic E-state index is 0.145. The van der Waals surface area contributed by atoms with Gasteiger partial charge in [0, 0.05) is 31.7 Å². The fraction of sp³-hybridized carbons (Fsp3) is 1.00. The first-order valence-corrected chi connectivity index (χ1v) is 6.33. The lowest BCUT2D eigenvalue weighted by Crippen LogP contribution is -2.45. The van der Waals surface area contributed by atoms with Crippen molar-refractivity contribution in [3.8, 4) is 0 Å². The number of nitrogens with zero attached hydrogens (tertiary/aromatic N) is 2. The predicted octanol–water partition coefficient (Wildman–Crippen LogP) is -0.0188. The third kappa shape index (κ3) is 4.37. The third-order valence-electron chi connectivity index (χ3n) is 3.31. The van der Waals surface area contributed by atoms with Crippen molar-refractivity contribution < 1.29 is 5.11 Å². The van der Waals surface area contributed by atoms with Gasteiger partial charge in [-0.2, -0.15) is 0 Å². The molecule has 0 amide bonds. The van der Waals surface area contributed by atoms with Crippen LogP contribution in [-0.2, 0) is 0 Å². The maximum absolute atomic E-state index is 9.48. The van der Waals surface area contributed by atoms with Gasteiger partial charge in [-0.3, -0.25) is 4.90 Å². The molecular weight excluding hydrogens is 202 g/mol. The maximum atomic E-state index is 9.48. The first-order chi connectivity index (χ1) is 7.52.